The monoisotopic (exact) mass is 396 g/mol. The summed E-state index contributed by atoms with van der Waals surface area (Å²) >= 11 is 0. The van der Waals surface area contributed by atoms with E-state index in [1.165, 1.54) is 36.4 Å². The molecule has 4 rings (SSSR count). The lowest BCUT2D eigenvalue weighted by atomic mass is 9.85. The second-order valence-electron chi connectivity index (χ2n) is 7.37. The van der Waals surface area contributed by atoms with Gasteiger partial charge in [0.2, 0.25) is 0 Å². The summed E-state index contributed by atoms with van der Waals surface area (Å²) in [5.41, 5.74) is 3.34. The Hall–Kier alpha value is -2.88. The molecule has 4 heteroatoms. The third kappa shape index (κ3) is 3.71. The molecule has 0 heterocycles. The van der Waals surface area contributed by atoms with Crippen LogP contribution in [0.25, 0.3) is 16.7 Å². The molecule has 0 atom stereocenters. The van der Waals surface area contributed by atoms with E-state index in [2.05, 4.69) is 0 Å². The summed E-state index contributed by atoms with van der Waals surface area (Å²) in [6, 6.07) is 11.8. The quantitative estimate of drug-likeness (QED) is 0.415. The molecular formula is C25H20F4. The van der Waals surface area contributed by atoms with E-state index < -0.39 is 11.6 Å². The molecule has 1 aliphatic rings. The molecule has 3 aromatic rings. The van der Waals surface area contributed by atoms with Crippen LogP contribution in [0.5, 0.6) is 0 Å². The van der Waals surface area contributed by atoms with Crippen molar-refractivity contribution < 1.29 is 17.6 Å². The Balaban J connectivity index is 1.68. The van der Waals surface area contributed by atoms with Crippen molar-refractivity contribution in [3.8, 4) is 11.1 Å². The van der Waals surface area contributed by atoms with E-state index in [0.717, 1.165) is 6.42 Å². The van der Waals surface area contributed by atoms with Crippen LogP contribution >= 0.6 is 0 Å². The van der Waals surface area contributed by atoms with Crippen LogP contribution in [0.15, 0.2) is 54.6 Å². The molecule has 0 N–H and O–H groups in total. The Bertz CT molecular complexity index is 1070. The van der Waals surface area contributed by atoms with E-state index in [4.69, 9.17) is 0 Å². The van der Waals surface area contributed by atoms with Gasteiger partial charge >= 0.3 is 0 Å². The number of rotatable bonds is 4. The van der Waals surface area contributed by atoms with Gasteiger partial charge in [-0.3, -0.25) is 0 Å². The highest BCUT2D eigenvalue weighted by molar-refractivity contribution is 5.74. The van der Waals surface area contributed by atoms with Gasteiger partial charge in [0.15, 0.2) is 0 Å². The maximum absolute atomic E-state index is 15.1. The van der Waals surface area contributed by atoms with Crippen LogP contribution in [-0.2, 0) is 19.3 Å². The minimum Gasteiger partial charge on any atom is -0.207 e. The Kier molecular flexibility index (Phi) is 5.27. The van der Waals surface area contributed by atoms with Crippen LogP contribution in [0.4, 0.5) is 17.6 Å². The SMILES string of the molecule is CCCc1cc(F)c(C2=CCc3c(ccc(-c4ccc(F)cc4)c3F)C2)c(F)c1. The minimum atomic E-state index is -0.577. The molecule has 0 saturated carbocycles. The normalized spacial score (nSPS) is 13.2. The largest absolute Gasteiger partial charge is 0.207 e. The van der Waals surface area contributed by atoms with E-state index in [0.29, 0.717) is 39.8 Å². The van der Waals surface area contributed by atoms with E-state index in [-0.39, 0.29) is 30.0 Å². The average molecular weight is 396 g/mol. The van der Waals surface area contributed by atoms with Gasteiger partial charge in [-0.25, -0.2) is 17.6 Å². The smallest absolute Gasteiger partial charge is 0.134 e. The molecule has 0 radical (unpaired) electrons. The average Bonchev–Trinajstić information content (AvgIpc) is 2.69. The third-order valence-corrected chi connectivity index (χ3v) is 5.39. The Morgan fingerprint density at radius 2 is 1.55 bits per heavy atom. The van der Waals surface area contributed by atoms with Crippen LogP contribution < -0.4 is 0 Å². The van der Waals surface area contributed by atoms with Crippen molar-refractivity contribution in [2.75, 3.05) is 0 Å². The number of benzene rings is 3. The van der Waals surface area contributed by atoms with Gasteiger partial charge < -0.3 is 0 Å². The molecule has 0 aromatic heterocycles. The first-order valence-corrected chi connectivity index (χ1v) is 9.71. The molecule has 0 bridgehead atoms. The van der Waals surface area contributed by atoms with Gasteiger partial charge in [-0.05, 0) is 71.4 Å². The topological polar surface area (TPSA) is 0 Å². The number of halogens is 4. The molecule has 29 heavy (non-hydrogen) atoms. The van der Waals surface area contributed by atoms with E-state index >= 15 is 4.39 Å². The molecule has 0 spiro atoms. The van der Waals surface area contributed by atoms with Crippen molar-refractivity contribution in [1.82, 2.24) is 0 Å². The number of hydrogen-bond acceptors (Lipinski definition) is 0. The van der Waals surface area contributed by atoms with E-state index in [1.54, 1.807) is 18.2 Å². The van der Waals surface area contributed by atoms with Crippen LogP contribution in [0, 0.1) is 23.3 Å². The zero-order valence-corrected chi connectivity index (χ0v) is 16.0. The van der Waals surface area contributed by atoms with Gasteiger partial charge in [0, 0.05) is 11.1 Å². The zero-order valence-electron chi connectivity index (χ0n) is 16.0. The minimum absolute atomic E-state index is 0.0291. The highest BCUT2D eigenvalue weighted by Gasteiger charge is 2.22. The van der Waals surface area contributed by atoms with E-state index in [9.17, 15) is 13.2 Å². The van der Waals surface area contributed by atoms with Crippen LogP contribution in [0.2, 0.25) is 0 Å². The molecule has 0 nitrogen and oxygen atoms in total. The summed E-state index contributed by atoms with van der Waals surface area (Å²) < 4.78 is 57.5. The highest BCUT2D eigenvalue weighted by Crippen LogP contribution is 2.35. The van der Waals surface area contributed by atoms with Crippen molar-refractivity contribution in [2.45, 2.75) is 32.6 Å². The summed E-state index contributed by atoms with van der Waals surface area (Å²) in [6.07, 6.45) is 3.64. The predicted octanol–water partition coefficient (Wildman–Crippen LogP) is 7.04. The number of aryl methyl sites for hydroxylation is 1. The highest BCUT2D eigenvalue weighted by atomic mass is 19.1. The first-order valence-electron chi connectivity index (χ1n) is 9.71. The summed E-state index contributed by atoms with van der Waals surface area (Å²) in [4.78, 5) is 0. The Morgan fingerprint density at radius 3 is 2.21 bits per heavy atom. The first kappa shape index (κ1) is 19.4. The van der Waals surface area contributed by atoms with Gasteiger partial charge in [0.05, 0.1) is 0 Å². The molecule has 0 unspecified atom stereocenters. The summed E-state index contributed by atoms with van der Waals surface area (Å²) in [5.74, 6) is -1.91. The summed E-state index contributed by atoms with van der Waals surface area (Å²) in [6.45, 7) is 1.96. The van der Waals surface area contributed by atoms with Crippen LogP contribution in [0.3, 0.4) is 0 Å². The van der Waals surface area contributed by atoms with Gasteiger partial charge in [-0.15, -0.1) is 0 Å². The molecule has 0 amide bonds. The predicted molar refractivity (Wildman–Crippen MR) is 108 cm³/mol. The fourth-order valence-electron chi connectivity index (χ4n) is 3.96. The molecule has 0 aliphatic heterocycles. The van der Waals surface area contributed by atoms with Crippen molar-refractivity contribution >= 4 is 5.57 Å². The number of hydrogen-bond donors (Lipinski definition) is 0. The maximum atomic E-state index is 15.1. The Morgan fingerprint density at radius 1 is 0.862 bits per heavy atom. The fraction of sp³-hybridized carbons (Fsp3) is 0.200. The zero-order chi connectivity index (χ0) is 20.5. The van der Waals surface area contributed by atoms with Gasteiger partial charge in [-0.2, -0.15) is 0 Å². The van der Waals surface area contributed by atoms with Gasteiger partial charge in [0.1, 0.15) is 23.3 Å². The summed E-state index contributed by atoms with van der Waals surface area (Å²) in [7, 11) is 0. The van der Waals surface area contributed by atoms with Crippen LogP contribution in [-0.4, -0.2) is 0 Å². The van der Waals surface area contributed by atoms with Crippen molar-refractivity contribution in [3.63, 3.8) is 0 Å². The van der Waals surface area contributed by atoms with Crippen molar-refractivity contribution in [1.29, 1.82) is 0 Å². The fourth-order valence-corrected chi connectivity index (χ4v) is 3.96. The van der Waals surface area contributed by atoms with E-state index in [1.807, 2.05) is 6.92 Å². The molecule has 148 valence electrons. The second-order valence-corrected chi connectivity index (χ2v) is 7.37. The lowest BCUT2D eigenvalue weighted by Gasteiger charge is -2.21. The molecule has 0 saturated heterocycles. The van der Waals surface area contributed by atoms with Crippen LogP contribution in [0.1, 0.15) is 35.6 Å². The maximum Gasteiger partial charge on any atom is 0.134 e. The molecular weight excluding hydrogens is 376 g/mol. The first-order chi connectivity index (χ1) is 14.0. The molecule has 0 fully saturated rings. The standard InChI is InChI=1S/C25H20F4/c1-2-3-15-12-22(27)24(23(28)13-15)18-7-11-21-17(14-18)6-10-20(25(21)29)16-4-8-19(26)9-5-16/h4-10,12-13H,2-3,11,14H2,1H3. The third-order valence-electron chi connectivity index (χ3n) is 5.39. The molecule has 1 aliphatic carbocycles. The second kappa shape index (κ2) is 7.86. The van der Waals surface area contributed by atoms with Gasteiger partial charge in [-0.1, -0.05) is 43.7 Å². The Labute approximate surface area is 167 Å². The van der Waals surface area contributed by atoms with Gasteiger partial charge in [0.25, 0.3) is 0 Å². The van der Waals surface area contributed by atoms with Crippen molar-refractivity contribution in [3.05, 3.63) is 100 Å². The number of fused-ring (bicyclic) bond motifs is 1. The molecule has 3 aromatic carbocycles. The lowest BCUT2D eigenvalue weighted by Crippen LogP contribution is -2.09. The van der Waals surface area contributed by atoms with Crippen molar-refractivity contribution in [2.24, 2.45) is 0 Å². The summed E-state index contributed by atoms with van der Waals surface area (Å²) in [5, 5.41) is 0. The lowest BCUT2D eigenvalue weighted by molar-refractivity contribution is 0.571. The number of allylic oxidation sites excluding steroid dienone is 2.